The molecule has 11 nitrogen and oxygen atoms in total. The molecule has 3 aromatic rings. The molecule has 3 N–H and O–H groups in total. The number of phenolic OH excluding ortho intramolecular Hbond substituents is 2. The van der Waals surface area contributed by atoms with Crippen LogP contribution < -0.4 is 5.69 Å². The third-order valence-electron chi connectivity index (χ3n) is 4.11. The lowest BCUT2D eigenvalue weighted by molar-refractivity contribution is -0.385. The van der Waals surface area contributed by atoms with Crippen molar-refractivity contribution in [2.24, 2.45) is 0 Å². The molecule has 1 aromatic heterocycles. The zero-order chi connectivity index (χ0) is 22.5. The molecule has 0 fully saturated rings. The Morgan fingerprint density at radius 1 is 0.806 bits per heavy atom. The Labute approximate surface area is 173 Å². The van der Waals surface area contributed by atoms with Crippen LogP contribution in [0.5, 0.6) is 11.5 Å². The van der Waals surface area contributed by atoms with E-state index in [2.05, 4.69) is 9.97 Å². The first-order chi connectivity index (χ1) is 14.7. The molecule has 0 aliphatic rings. The first-order valence-corrected chi connectivity index (χ1v) is 8.65. The predicted molar refractivity (Wildman–Crippen MR) is 112 cm³/mol. The molecule has 0 aliphatic carbocycles. The van der Waals surface area contributed by atoms with Crippen molar-refractivity contribution in [2.75, 3.05) is 0 Å². The second-order valence-corrected chi connectivity index (χ2v) is 6.23. The molecular formula is C20H14N4O7. The van der Waals surface area contributed by atoms with Crippen LogP contribution in [0.25, 0.3) is 24.3 Å². The molecule has 31 heavy (non-hydrogen) atoms. The van der Waals surface area contributed by atoms with Gasteiger partial charge in [-0.1, -0.05) is 0 Å². The fourth-order valence-electron chi connectivity index (χ4n) is 2.60. The lowest BCUT2D eigenvalue weighted by Gasteiger charge is -2.01. The van der Waals surface area contributed by atoms with Crippen molar-refractivity contribution in [3.63, 3.8) is 0 Å². The SMILES string of the molecule is O=c1nc(C=Cc2cc([N+](=O)[O-])ccc2O)cc(C=Cc2cc([N+](=O)[O-])ccc2O)[nH]1. The highest BCUT2D eigenvalue weighted by atomic mass is 16.6. The van der Waals surface area contributed by atoms with Crippen molar-refractivity contribution >= 4 is 35.7 Å². The summed E-state index contributed by atoms with van der Waals surface area (Å²) in [4.78, 5) is 38.6. The Hall–Kier alpha value is -4.80. The van der Waals surface area contributed by atoms with Crippen molar-refractivity contribution in [3.8, 4) is 11.5 Å². The maximum Gasteiger partial charge on any atom is 0.345 e. The van der Waals surface area contributed by atoms with Gasteiger partial charge in [-0.3, -0.25) is 20.2 Å². The highest BCUT2D eigenvalue weighted by Gasteiger charge is 2.09. The minimum Gasteiger partial charge on any atom is -0.507 e. The molecule has 0 aliphatic heterocycles. The molecule has 0 atom stereocenters. The number of nitro benzene ring substituents is 2. The summed E-state index contributed by atoms with van der Waals surface area (Å²) in [6, 6.07) is 8.51. The smallest absolute Gasteiger partial charge is 0.345 e. The molecule has 2 aromatic carbocycles. The summed E-state index contributed by atoms with van der Waals surface area (Å²) in [6.45, 7) is 0. The third kappa shape index (κ3) is 5.17. The van der Waals surface area contributed by atoms with Gasteiger partial charge in [0.15, 0.2) is 0 Å². The summed E-state index contributed by atoms with van der Waals surface area (Å²) < 4.78 is 0. The highest BCUT2D eigenvalue weighted by Crippen LogP contribution is 2.26. The molecule has 0 saturated heterocycles. The zero-order valence-corrected chi connectivity index (χ0v) is 15.6. The molecule has 0 saturated carbocycles. The Morgan fingerprint density at radius 2 is 1.32 bits per heavy atom. The van der Waals surface area contributed by atoms with Crippen LogP contribution in [0, 0.1) is 20.2 Å². The lowest BCUT2D eigenvalue weighted by Crippen LogP contribution is -2.12. The summed E-state index contributed by atoms with van der Waals surface area (Å²) >= 11 is 0. The summed E-state index contributed by atoms with van der Waals surface area (Å²) in [5.41, 5.74) is -0.294. The van der Waals surface area contributed by atoms with Crippen LogP contribution in [0.1, 0.15) is 22.5 Å². The van der Waals surface area contributed by atoms with Gasteiger partial charge in [-0.2, -0.15) is 4.98 Å². The van der Waals surface area contributed by atoms with E-state index in [-0.39, 0.29) is 45.4 Å². The van der Waals surface area contributed by atoms with E-state index in [1.54, 1.807) is 0 Å². The second kappa shape index (κ2) is 8.69. The Bertz CT molecular complexity index is 1200. The number of non-ortho nitro benzene ring substituents is 2. The van der Waals surface area contributed by atoms with E-state index >= 15 is 0 Å². The van der Waals surface area contributed by atoms with Crippen LogP contribution in [0.3, 0.4) is 0 Å². The molecule has 0 amide bonds. The second-order valence-electron chi connectivity index (χ2n) is 6.23. The molecular weight excluding hydrogens is 408 g/mol. The number of nitro groups is 2. The van der Waals surface area contributed by atoms with E-state index in [4.69, 9.17) is 0 Å². The zero-order valence-electron chi connectivity index (χ0n) is 15.6. The predicted octanol–water partition coefficient (Wildman–Crippen LogP) is 3.34. The van der Waals surface area contributed by atoms with E-state index in [9.17, 15) is 35.2 Å². The molecule has 156 valence electrons. The first-order valence-electron chi connectivity index (χ1n) is 8.65. The minimum absolute atomic E-state index is 0.162. The molecule has 0 unspecified atom stereocenters. The van der Waals surface area contributed by atoms with Gasteiger partial charge in [-0.25, -0.2) is 4.79 Å². The van der Waals surface area contributed by atoms with Gasteiger partial charge in [-0.15, -0.1) is 0 Å². The van der Waals surface area contributed by atoms with E-state index < -0.39 is 15.5 Å². The average Bonchev–Trinajstić information content (AvgIpc) is 2.72. The third-order valence-corrected chi connectivity index (χ3v) is 4.11. The summed E-state index contributed by atoms with van der Waals surface area (Å²) in [7, 11) is 0. The fraction of sp³-hybridized carbons (Fsp3) is 0. The van der Waals surface area contributed by atoms with E-state index in [0.29, 0.717) is 0 Å². The van der Waals surface area contributed by atoms with Crippen LogP contribution in [0.15, 0.2) is 47.3 Å². The summed E-state index contributed by atoms with van der Waals surface area (Å²) in [6.07, 6.45) is 5.55. The highest BCUT2D eigenvalue weighted by molar-refractivity contribution is 5.75. The van der Waals surface area contributed by atoms with Crippen molar-refractivity contribution < 1.29 is 20.1 Å². The standard InChI is InChI=1S/C20H14N4O7/c25-18-7-5-16(23(28)29)9-12(18)1-3-14-11-15(22-20(27)21-14)4-2-13-10-17(24(30)31)6-8-19(13)26/h1-11,25-26H,(H,21,22,27). The van der Waals surface area contributed by atoms with Gasteiger partial charge in [0.1, 0.15) is 11.5 Å². The van der Waals surface area contributed by atoms with Gasteiger partial charge in [0.2, 0.25) is 0 Å². The molecule has 1 heterocycles. The van der Waals surface area contributed by atoms with Crippen LogP contribution in [-0.2, 0) is 0 Å². The maximum absolute atomic E-state index is 11.8. The number of phenols is 2. The van der Waals surface area contributed by atoms with Gasteiger partial charge in [0.25, 0.3) is 11.4 Å². The number of rotatable bonds is 6. The number of H-pyrrole nitrogens is 1. The number of benzene rings is 2. The van der Waals surface area contributed by atoms with Crippen LogP contribution in [-0.4, -0.2) is 30.0 Å². The summed E-state index contributed by atoms with van der Waals surface area (Å²) in [5.74, 6) is -0.368. The number of nitrogens with zero attached hydrogens (tertiary/aromatic N) is 3. The Kier molecular flexibility index (Phi) is 5.87. The van der Waals surface area contributed by atoms with Crippen molar-refractivity contribution in [1.29, 1.82) is 0 Å². The quantitative estimate of drug-likeness (QED) is 0.400. The van der Waals surface area contributed by atoms with E-state index in [1.165, 1.54) is 54.6 Å². The molecule has 11 heteroatoms. The minimum atomic E-state index is -0.687. The van der Waals surface area contributed by atoms with Gasteiger partial charge in [0, 0.05) is 41.1 Å². The van der Waals surface area contributed by atoms with Crippen molar-refractivity contribution in [3.05, 3.63) is 95.7 Å². The van der Waals surface area contributed by atoms with Gasteiger partial charge in [-0.05, 0) is 42.5 Å². The largest absolute Gasteiger partial charge is 0.507 e. The Balaban J connectivity index is 1.90. The molecule has 0 bridgehead atoms. The number of aromatic amines is 1. The number of hydrogen-bond donors (Lipinski definition) is 3. The topological polar surface area (TPSA) is 172 Å². The maximum atomic E-state index is 11.8. The molecule has 0 spiro atoms. The first kappa shape index (κ1) is 20.9. The van der Waals surface area contributed by atoms with E-state index in [0.717, 1.165) is 12.1 Å². The fourth-order valence-corrected chi connectivity index (χ4v) is 2.60. The van der Waals surface area contributed by atoms with Crippen molar-refractivity contribution in [2.45, 2.75) is 0 Å². The van der Waals surface area contributed by atoms with Crippen LogP contribution in [0.4, 0.5) is 11.4 Å². The van der Waals surface area contributed by atoms with Gasteiger partial charge >= 0.3 is 5.69 Å². The number of hydrogen-bond acceptors (Lipinski definition) is 8. The van der Waals surface area contributed by atoms with Crippen LogP contribution >= 0.6 is 0 Å². The summed E-state index contributed by atoms with van der Waals surface area (Å²) in [5, 5.41) is 41.5. The average molecular weight is 422 g/mol. The van der Waals surface area contributed by atoms with Crippen molar-refractivity contribution in [1.82, 2.24) is 9.97 Å². The van der Waals surface area contributed by atoms with Gasteiger partial charge in [0.05, 0.1) is 15.5 Å². The van der Waals surface area contributed by atoms with Gasteiger partial charge < -0.3 is 15.2 Å². The monoisotopic (exact) mass is 422 g/mol. The normalized spacial score (nSPS) is 11.2. The molecule has 3 rings (SSSR count). The van der Waals surface area contributed by atoms with Crippen LogP contribution in [0.2, 0.25) is 0 Å². The Morgan fingerprint density at radius 3 is 1.84 bits per heavy atom. The molecule has 0 radical (unpaired) electrons. The number of nitrogens with one attached hydrogen (secondary N) is 1. The van der Waals surface area contributed by atoms with E-state index in [1.807, 2.05) is 0 Å². The lowest BCUT2D eigenvalue weighted by atomic mass is 10.1. The number of aromatic hydroxyl groups is 2. The number of aromatic nitrogens is 2.